The first-order valence-electron chi connectivity index (χ1n) is 6.09. The molecule has 0 aliphatic rings. The number of halogens is 1. The molecular formula is C13H15ClN2O2S3. The summed E-state index contributed by atoms with van der Waals surface area (Å²) < 4.78 is 5.54. The van der Waals surface area contributed by atoms with E-state index in [2.05, 4.69) is 5.32 Å². The maximum atomic E-state index is 11.7. The van der Waals surface area contributed by atoms with Crippen LogP contribution in [0.2, 0.25) is 4.34 Å². The number of nitrogens with one attached hydrogen (secondary N) is 1. The molecular weight excluding hydrogens is 348 g/mol. The molecule has 114 valence electrons. The minimum absolute atomic E-state index is 0.397. The Morgan fingerprint density at radius 1 is 1.48 bits per heavy atom. The molecule has 2 aromatic rings. The van der Waals surface area contributed by atoms with Crippen molar-refractivity contribution in [3.63, 3.8) is 0 Å². The number of hydrogen-bond acceptors (Lipinski definition) is 7. The molecule has 0 fully saturated rings. The van der Waals surface area contributed by atoms with E-state index in [4.69, 9.17) is 22.1 Å². The van der Waals surface area contributed by atoms with E-state index < -0.39 is 5.97 Å². The van der Waals surface area contributed by atoms with Crippen LogP contribution in [0.5, 0.6) is 0 Å². The molecule has 21 heavy (non-hydrogen) atoms. The number of carbonyl (C=O) groups is 1. The first kappa shape index (κ1) is 16.5. The van der Waals surface area contributed by atoms with Crippen LogP contribution in [0.4, 0.5) is 10.7 Å². The topological polar surface area (TPSA) is 64.3 Å². The Morgan fingerprint density at radius 2 is 2.24 bits per heavy atom. The molecule has 0 aromatic carbocycles. The molecule has 0 saturated heterocycles. The van der Waals surface area contributed by atoms with Crippen LogP contribution in [0.1, 0.15) is 14.5 Å². The summed E-state index contributed by atoms with van der Waals surface area (Å²) in [4.78, 5) is 14.2. The Morgan fingerprint density at radius 3 is 2.81 bits per heavy atom. The summed E-state index contributed by atoms with van der Waals surface area (Å²) in [6, 6.07) is 3.92. The normalized spacial score (nSPS) is 10.6. The molecule has 0 amide bonds. The van der Waals surface area contributed by atoms with Crippen LogP contribution in [-0.2, 0) is 11.2 Å². The van der Waals surface area contributed by atoms with Gasteiger partial charge in [0.25, 0.3) is 0 Å². The number of ether oxygens (including phenoxy) is 1. The Labute approximate surface area is 140 Å². The molecule has 2 heterocycles. The fraction of sp³-hybridized carbons (Fsp3) is 0.308. The van der Waals surface area contributed by atoms with Gasteiger partial charge in [-0.3, -0.25) is 0 Å². The lowest BCUT2D eigenvalue weighted by molar-refractivity contribution is 0.0607. The Hall–Kier alpha value is -0.890. The number of esters is 1. The standard InChI is InChI=1S/C13H15ClN2O2S3/c1-18-13(17)11-9(15)10(19-2)12(21-11)16-6-5-7-3-4-8(14)20-7/h3-4,16H,5-6,15H2,1-2H3. The van der Waals surface area contributed by atoms with Crippen LogP contribution in [0.25, 0.3) is 0 Å². The van der Waals surface area contributed by atoms with Crippen molar-refractivity contribution in [1.29, 1.82) is 0 Å². The van der Waals surface area contributed by atoms with E-state index in [1.54, 1.807) is 11.3 Å². The average molecular weight is 363 g/mol. The predicted molar refractivity (Wildman–Crippen MR) is 93.4 cm³/mol. The summed E-state index contributed by atoms with van der Waals surface area (Å²) in [7, 11) is 1.36. The molecule has 0 unspecified atom stereocenters. The molecule has 0 aliphatic heterocycles. The van der Waals surface area contributed by atoms with Gasteiger partial charge in [0.15, 0.2) is 0 Å². The SMILES string of the molecule is COC(=O)c1sc(NCCc2ccc(Cl)s2)c(SC)c1N. The van der Waals surface area contributed by atoms with Crippen LogP contribution in [-0.4, -0.2) is 25.9 Å². The minimum atomic E-state index is -0.397. The molecule has 3 N–H and O–H groups in total. The highest BCUT2D eigenvalue weighted by Gasteiger charge is 2.20. The summed E-state index contributed by atoms with van der Waals surface area (Å²) in [6.07, 6.45) is 2.81. The van der Waals surface area contributed by atoms with E-state index in [9.17, 15) is 4.79 Å². The van der Waals surface area contributed by atoms with Crippen molar-refractivity contribution < 1.29 is 9.53 Å². The largest absolute Gasteiger partial charge is 0.465 e. The van der Waals surface area contributed by atoms with Crippen LogP contribution in [0, 0.1) is 0 Å². The van der Waals surface area contributed by atoms with Gasteiger partial charge in [0.2, 0.25) is 0 Å². The molecule has 2 aromatic heterocycles. The van der Waals surface area contributed by atoms with Crippen molar-refractivity contribution in [2.24, 2.45) is 0 Å². The first-order valence-corrected chi connectivity index (χ1v) is 9.33. The summed E-state index contributed by atoms with van der Waals surface area (Å²) in [5.74, 6) is -0.397. The molecule has 4 nitrogen and oxygen atoms in total. The van der Waals surface area contributed by atoms with Gasteiger partial charge < -0.3 is 15.8 Å². The van der Waals surface area contributed by atoms with Crippen LogP contribution in [0.15, 0.2) is 17.0 Å². The van der Waals surface area contributed by atoms with Gasteiger partial charge >= 0.3 is 5.97 Å². The number of anilines is 2. The number of thiophene rings is 2. The maximum Gasteiger partial charge on any atom is 0.350 e. The number of thioether (sulfide) groups is 1. The fourth-order valence-corrected chi connectivity index (χ4v) is 4.84. The molecule has 2 rings (SSSR count). The van der Waals surface area contributed by atoms with Crippen molar-refractivity contribution >= 4 is 62.7 Å². The number of methoxy groups -OCH3 is 1. The van der Waals surface area contributed by atoms with Gasteiger partial charge in [0.05, 0.1) is 22.0 Å². The lowest BCUT2D eigenvalue weighted by atomic mass is 10.3. The summed E-state index contributed by atoms with van der Waals surface area (Å²) in [5.41, 5.74) is 6.50. The second-order valence-electron chi connectivity index (χ2n) is 4.08. The lowest BCUT2D eigenvalue weighted by Crippen LogP contribution is -2.03. The molecule has 0 bridgehead atoms. The highest BCUT2D eigenvalue weighted by Crippen LogP contribution is 2.41. The third-order valence-corrected chi connectivity index (χ3v) is 6.16. The number of nitrogens with two attached hydrogens (primary N) is 1. The molecule has 0 radical (unpaired) electrons. The van der Waals surface area contributed by atoms with E-state index >= 15 is 0 Å². The highest BCUT2D eigenvalue weighted by molar-refractivity contribution is 7.99. The van der Waals surface area contributed by atoms with Crippen molar-refractivity contribution in [3.05, 3.63) is 26.2 Å². The number of rotatable bonds is 6. The van der Waals surface area contributed by atoms with Crippen LogP contribution < -0.4 is 11.1 Å². The van der Waals surface area contributed by atoms with Gasteiger partial charge in [-0.15, -0.1) is 34.4 Å². The number of carbonyl (C=O) groups excluding carboxylic acids is 1. The van der Waals surface area contributed by atoms with Crippen molar-refractivity contribution in [1.82, 2.24) is 0 Å². The zero-order valence-corrected chi connectivity index (χ0v) is 14.8. The molecule has 0 saturated carbocycles. The summed E-state index contributed by atoms with van der Waals surface area (Å²) in [6.45, 7) is 0.755. The fourth-order valence-electron chi connectivity index (χ4n) is 1.78. The smallest absolute Gasteiger partial charge is 0.350 e. The van der Waals surface area contributed by atoms with Crippen molar-refractivity contribution in [2.75, 3.05) is 31.0 Å². The summed E-state index contributed by atoms with van der Waals surface area (Å²) >= 11 is 10.3. The molecule has 8 heteroatoms. The van der Waals surface area contributed by atoms with E-state index in [1.165, 1.54) is 35.1 Å². The number of hydrogen-bond donors (Lipinski definition) is 2. The van der Waals surface area contributed by atoms with Gasteiger partial charge in [-0.05, 0) is 24.8 Å². The lowest BCUT2D eigenvalue weighted by Gasteiger charge is -2.05. The zero-order valence-electron chi connectivity index (χ0n) is 11.6. The average Bonchev–Trinajstić information content (AvgIpc) is 3.02. The van der Waals surface area contributed by atoms with E-state index in [1.807, 2.05) is 18.4 Å². The van der Waals surface area contributed by atoms with Crippen LogP contribution >= 0.6 is 46.0 Å². The van der Waals surface area contributed by atoms with Crippen molar-refractivity contribution in [2.45, 2.75) is 11.3 Å². The zero-order chi connectivity index (χ0) is 15.4. The first-order chi connectivity index (χ1) is 10.1. The molecule has 0 atom stereocenters. The highest BCUT2D eigenvalue weighted by atomic mass is 35.5. The Kier molecular flexibility index (Phi) is 5.80. The Balaban J connectivity index is 2.07. The van der Waals surface area contributed by atoms with Gasteiger partial charge in [-0.2, -0.15) is 0 Å². The van der Waals surface area contributed by atoms with Crippen molar-refractivity contribution in [3.8, 4) is 0 Å². The van der Waals surface area contributed by atoms with Gasteiger partial charge in [-0.1, -0.05) is 11.6 Å². The Bertz CT molecular complexity index is 639. The molecule has 0 spiro atoms. The van der Waals surface area contributed by atoms with E-state index in [0.717, 1.165) is 27.2 Å². The van der Waals surface area contributed by atoms with Crippen LogP contribution in [0.3, 0.4) is 0 Å². The monoisotopic (exact) mass is 362 g/mol. The van der Waals surface area contributed by atoms with E-state index in [-0.39, 0.29) is 0 Å². The second-order valence-corrected chi connectivity index (χ2v) is 7.72. The minimum Gasteiger partial charge on any atom is -0.465 e. The van der Waals surface area contributed by atoms with Gasteiger partial charge in [0, 0.05) is 11.4 Å². The third kappa shape index (κ3) is 3.85. The number of nitrogen functional groups attached to an aromatic ring is 1. The molecule has 0 aliphatic carbocycles. The van der Waals surface area contributed by atoms with Gasteiger partial charge in [-0.25, -0.2) is 4.79 Å². The second kappa shape index (κ2) is 7.40. The quantitative estimate of drug-likeness (QED) is 0.595. The van der Waals surface area contributed by atoms with E-state index in [0.29, 0.717) is 10.6 Å². The van der Waals surface area contributed by atoms with Gasteiger partial charge in [0.1, 0.15) is 9.88 Å². The summed E-state index contributed by atoms with van der Waals surface area (Å²) in [5, 5.41) is 4.24. The third-order valence-electron chi connectivity index (χ3n) is 2.76. The predicted octanol–water partition coefficient (Wildman–Crippen LogP) is 4.21. The maximum absolute atomic E-state index is 11.7.